The first-order valence-electron chi connectivity index (χ1n) is 9.67. The highest BCUT2D eigenvalue weighted by molar-refractivity contribution is 5.27. The van der Waals surface area contributed by atoms with Crippen LogP contribution < -0.4 is 9.47 Å². The van der Waals surface area contributed by atoms with Crippen LogP contribution in [0, 0.1) is 5.82 Å². The second-order valence-electron chi connectivity index (χ2n) is 7.14. The van der Waals surface area contributed by atoms with E-state index in [1.165, 1.54) is 12.1 Å². The number of hydrogen-bond donors (Lipinski definition) is 1. The van der Waals surface area contributed by atoms with E-state index in [0.717, 1.165) is 11.3 Å². The number of likely N-dealkylation sites (tertiary alicyclic amines) is 1. The van der Waals surface area contributed by atoms with Crippen molar-refractivity contribution in [3.63, 3.8) is 0 Å². The Bertz CT molecular complexity index is 902. The Hall–Kier alpha value is -2.90. The predicted molar refractivity (Wildman–Crippen MR) is 106 cm³/mol. The molecule has 0 radical (unpaired) electrons. The topological polar surface area (TPSA) is 59.8 Å². The number of aromatic nitrogens is 2. The third kappa shape index (κ3) is 5.34. The summed E-state index contributed by atoms with van der Waals surface area (Å²) in [5.74, 6) is 0.904. The number of nitrogens with zero attached hydrogens (tertiary/aromatic N) is 3. The van der Waals surface area contributed by atoms with Gasteiger partial charge in [-0.1, -0.05) is 18.2 Å². The molecule has 1 aliphatic heterocycles. The monoisotopic (exact) mass is 397 g/mol. The molecule has 1 saturated heterocycles. The molecule has 1 N–H and O–H groups in total. The van der Waals surface area contributed by atoms with Crippen LogP contribution in [-0.4, -0.2) is 51.7 Å². The summed E-state index contributed by atoms with van der Waals surface area (Å²) >= 11 is 0. The fourth-order valence-electron chi connectivity index (χ4n) is 3.43. The average molecular weight is 397 g/mol. The van der Waals surface area contributed by atoms with Gasteiger partial charge in [-0.25, -0.2) is 4.39 Å². The molecular weight excluding hydrogens is 373 g/mol. The largest absolute Gasteiger partial charge is 0.492 e. The van der Waals surface area contributed by atoms with E-state index in [-0.39, 0.29) is 11.9 Å². The van der Waals surface area contributed by atoms with Crippen molar-refractivity contribution >= 4 is 0 Å². The first kappa shape index (κ1) is 19.4. The molecule has 0 amide bonds. The number of aliphatic hydroxyl groups excluding tert-OH is 1. The molecule has 2 aromatic carbocycles. The van der Waals surface area contributed by atoms with Gasteiger partial charge >= 0.3 is 0 Å². The Balaban J connectivity index is 1.25. The fraction of sp³-hybridized carbons (Fsp3) is 0.318. The number of benzene rings is 2. The normalized spacial score (nSPS) is 19.4. The van der Waals surface area contributed by atoms with Crippen LogP contribution in [0.2, 0.25) is 0 Å². The molecule has 0 unspecified atom stereocenters. The summed E-state index contributed by atoms with van der Waals surface area (Å²) in [5, 5.41) is 14.4. The minimum absolute atomic E-state index is 0.348. The molecule has 0 spiro atoms. The second-order valence-corrected chi connectivity index (χ2v) is 7.14. The molecule has 7 heteroatoms. The third-order valence-electron chi connectivity index (χ3n) is 4.87. The second kappa shape index (κ2) is 9.07. The molecule has 0 aliphatic carbocycles. The lowest BCUT2D eigenvalue weighted by Crippen LogP contribution is -2.29. The molecule has 2 atom stereocenters. The van der Waals surface area contributed by atoms with Crippen LogP contribution in [0.15, 0.2) is 67.0 Å². The van der Waals surface area contributed by atoms with Crippen molar-refractivity contribution in [3.05, 3.63) is 78.4 Å². The number of aliphatic hydroxyl groups is 1. The minimum Gasteiger partial charge on any atom is -0.492 e. The predicted octanol–water partition coefficient (Wildman–Crippen LogP) is 2.73. The quantitative estimate of drug-likeness (QED) is 0.633. The summed E-state index contributed by atoms with van der Waals surface area (Å²) < 4.78 is 26.7. The Morgan fingerprint density at radius 1 is 1.07 bits per heavy atom. The van der Waals surface area contributed by atoms with Gasteiger partial charge in [0.2, 0.25) is 0 Å². The van der Waals surface area contributed by atoms with Crippen molar-refractivity contribution in [3.8, 4) is 11.5 Å². The highest BCUT2D eigenvalue weighted by Crippen LogP contribution is 2.22. The van der Waals surface area contributed by atoms with E-state index in [2.05, 4.69) is 10.00 Å². The van der Waals surface area contributed by atoms with Gasteiger partial charge in [-0.15, -0.1) is 0 Å². The van der Waals surface area contributed by atoms with Crippen LogP contribution in [0.25, 0.3) is 0 Å². The van der Waals surface area contributed by atoms with Gasteiger partial charge in [0.25, 0.3) is 0 Å². The van der Waals surface area contributed by atoms with E-state index >= 15 is 0 Å². The molecule has 29 heavy (non-hydrogen) atoms. The van der Waals surface area contributed by atoms with Gasteiger partial charge in [-0.2, -0.15) is 5.10 Å². The zero-order valence-corrected chi connectivity index (χ0v) is 16.0. The number of halogens is 1. The van der Waals surface area contributed by atoms with E-state index in [1.54, 1.807) is 18.3 Å². The van der Waals surface area contributed by atoms with Crippen LogP contribution in [0.5, 0.6) is 11.5 Å². The van der Waals surface area contributed by atoms with Gasteiger partial charge in [0.15, 0.2) is 0 Å². The maximum Gasteiger partial charge on any atom is 0.138 e. The van der Waals surface area contributed by atoms with E-state index < -0.39 is 6.10 Å². The van der Waals surface area contributed by atoms with Gasteiger partial charge in [0.1, 0.15) is 36.1 Å². The molecule has 3 aromatic rings. The van der Waals surface area contributed by atoms with E-state index in [9.17, 15) is 9.50 Å². The van der Waals surface area contributed by atoms with Gasteiger partial charge in [0.05, 0.1) is 6.54 Å². The van der Waals surface area contributed by atoms with Gasteiger partial charge in [-0.3, -0.25) is 9.58 Å². The number of β-amino-alcohol motifs (C(OH)–C–C–N with tert-alkyl or cyclic N) is 1. The summed E-state index contributed by atoms with van der Waals surface area (Å²) in [4.78, 5) is 2.13. The molecule has 0 saturated carbocycles. The maximum atomic E-state index is 13.3. The van der Waals surface area contributed by atoms with Crippen LogP contribution in [0.4, 0.5) is 4.39 Å². The SMILES string of the molecule is O[C@H]1CN(Cc2ccc(OCCn3cccn3)cc2)C[C@@H]1Oc1cccc(F)c1. The average Bonchev–Trinajstić information content (AvgIpc) is 3.33. The zero-order valence-electron chi connectivity index (χ0n) is 16.0. The zero-order chi connectivity index (χ0) is 20.1. The summed E-state index contributed by atoms with van der Waals surface area (Å²) in [6.45, 7) is 3.06. The van der Waals surface area contributed by atoms with Crippen molar-refractivity contribution < 1.29 is 19.0 Å². The maximum absolute atomic E-state index is 13.3. The number of rotatable bonds is 8. The minimum atomic E-state index is -0.608. The van der Waals surface area contributed by atoms with Gasteiger partial charge in [0, 0.05) is 38.1 Å². The van der Waals surface area contributed by atoms with E-state index in [4.69, 9.17) is 9.47 Å². The van der Waals surface area contributed by atoms with Crippen LogP contribution in [-0.2, 0) is 13.1 Å². The lowest BCUT2D eigenvalue weighted by molar-refractivity contribution is 0.0734. The molecule has 2 heterocycles. The molecular formula is C22H24FN3O3. The van der Waals surface area contributed by atoms with Crippen molar-refractivity contribution in [2.24, 2.45) is 0 Å². The summed E-state index contributed by atoms with van der Waals surface area (Å²) in [6.07, 6.45) is 2.67. The van der Waals surface area contributed by atoms with E-state index in [0.29, 0.717) is 38.5 Å². The Labute approximate surface area is 169 Å². The van der Waals surface area contributed by atoms with Crippen molar-refractivity contribution in [1.82, 2.24) is 14.7 Å². The van der Waals surface area contributed by atoms with Crippen LogP contribution >= 0.6 is 0 Å². The molecule has 1 aromatic heterocycles. The molecule has 152 valence electrons. The molecule has 0 bridgehead atoms. The Kier molecular flexibility index (Phi) is 6.07. The first-order valence-corrected chi connectivity index (χ1v) is 9.67. The summed E-state index contributed by atoms with van der Waals surface area (Å²) in [7, 11) is 0. The Morgan fingerprint density at radius 2 is 1.93 bits per heavy atom. The highest BCUT2D eigenvalue weighted by atomic mass is 19.1. The van der Waals surface area contributed by atoms with Gasteiger partial charge < -0.3 is 14.6 Å². The lowest BCUT2D eigenvalue weighted by atomic mass is 10.2. The van der Waals surface area contributed by atoms with Crippen LogP contribution in [0.3, 0.4) is 0 Å². The highest BCUT2D eigenvalue weighted by Gasteiger charge is 2.33. The molecule has 1 aliphatic rings. The number of hydrogen-bond acceptors (Lipinski definition) is 5. The van der Waals surface area contributed by atoms with Gasteiger partial charge in [-0.05, 0) is 35.9 Å². The van der Waals surface area contributed by atoms with Crippen LogP contribution in [0.1, 0.15) is 5.56 Å². The van der Waals surface area contributed by atoms with Crippen molar-refractivity contribution in [2.45, 2.75) is 25.3 Å². The van der Waals surface area contributed by atoms with Crippen molar-refractivity contribution in [2.75, 3.05) is 19.7 Å². The summed E-state index contributed by atoms with van der Waals surface area (Å²) in [6, 6.07) is 15.8. The molecule has 4 rings (SSSR count). The lowest BCUT2D eigenvalue weighted by Gasteiger charge is -2.17. The Morgan fingerprint density at radius 3 is 2.69 bits per heavy atom. The van der Waals surface area contributed by atoms with E-state index in [1.807, 2.05) is 41.2 Å². The van der Waals surface area contributed by atoms with Crippen molar-refractivity contribution in [1.29, 1.82) is 0 Å². The third-order valence-corrected chi connectivity index (χ3v) is 4.87. The molecule has 1 fully saturated rings. The standard InChI is InChI=1S/C22H24FN3O3/c23-18-3-1-4-20(13-18)29-22-16-25(15-21(22)27)14-17-5-7-19(8-6-17)28-12-11-26-10-2-9-24-26/h1-10,13,21-22,27H,11-12,14-16H2/t21-,22-/m0/s1. The number of ether oxygens (including phenoxy) is 2. The first-order chi connectivity index (χ1) is 14.2. The fourth-order valence-corrected chi connectivity index (χ4v) is 3.43. The smallest absolute Gasteiger partial charge is 0.138 e. The molecule has 6 nitrogen and oxygen atoms in total. The summed E-state index contributed by atoms with van der Waals surface area (Å²) in [5.41, 5.74) is 1.13.